The van der Waals surface area contributed by atoms with Crippen molar-refractivity contribution in [3.63, 3.8) is 0 Å². The summed E-state index contributed by atoms with van der Waals surface area (Å²) in [6.45, 7) is 2.01. The third-order valence-corrected chi connectivity index (χ3v) is 2.94. The molecule has 0 saturated heterocycles. The lowest BCUT2D eigenvalue weighted by atomic mass is 10.3. The van der Waals surface area contributed by atoms with E-state index in [0.717, 1.165) is 17.1 Å². The van der Waals surface area contributed by atoms with Crippen LogP contribution in [0, 0.1) is 6.92 Å². The molecule has 0 amide bonds. The molecule has 0 unspecified atom stereocenters. The second kappa shape index (κ2) is 4.24. The van der Waals surface area contributed by atoms with Gasteiger partial charge in [-0.15, -0.1) is 0 Å². The van der Waals surface area contributed by atoms with E-state index in [4.69, 9.17) is 5.73 Å². The Bertz CT molecular complexity index is 724. The fourth-order valence-electron chi connectivity index (χ4n) is 1.96. The summed E-state index contributed by atoms with van der Waals surface area (Å²) in [5, 5.41) is 8.62. The lowest BCUT2D eigenvalue weighted by Crippen LogP contribution is -1.99. The normalized spacial score (nSPS) is 10.8. The van der Waals surface area contributed by atoms with Gasteiger partial charge in [0.15, 0.2) is 5.82 Å². The van der Waals surface area contributed by atoms with Crippen molar-refractivity contribution in [3.8, 4) is 17.2 Å². The predicted molar refractivity (Wildman–Crippen MR) is 72.7 cm³/mol. The van der Waals surface area contributed by atoms with Crippen molar-refractivity contribution < 1.29 is 0 Å². The van der Waals surface area contributed by atoms with Gasteiger partial charge in [-0.1, -0.05) is 0 Å². The van der Waals surface area contributed by atoms with E-state index in [0.29, 0.717) is 11.4 Å². The van der Waals surface area contributed by atoms with Gasteiger partial charge in [-0.3, -0.25) is 4.68 Å². The largest absolute Gasteiger partial charge is 0.396 e. The van der Waals surface area contributed by atoms with Gasteiger partial charge in [0.05, 0.1) is 17.6 Å². The maximum absolute atomic E-state index is 6.02. The van der Waals surface area contributed by atoms with Gasteiger partial charge in [-0.05, 0) is 30.7 Å². The molecule has 6 heteroatoms. The molecule has 0 aliphatic carbocycles. The molecule has 0 fully saturated rings. The van der Waals surface area contributed by atoms with Crippen molar-refractivity contribution in [1.29, 1.82) is 0 Å². The molecule has 0 aliphatic heterocycles. The first kappa shape index (κ1) is 11.5. The Kier molecular flexibility index (Phi) is 2.56. The van der Waals surface area contributed by atoms with Gasteiger partial charge < -0.3 is 5.73 Å². The molecule has 0 aliphatic rings. The summed E-state index contributed by atoms with van der Waals surface area (Å²) in [4.78, 5) is 4.29. The standard InChI is InChI=1S/C13H14N6/c1-9-3-5-15-12(7-9)19-8-10(14)13(17-19)11-4-6-16-18(11)2/h3-8H,14H2,1-2H3. The molecular formula is C13H14N6. The van der Waals surface area contributed by atoms with Gasteiger partial charge in [-0.25, -0.2) is 9.67 Å². The molecule has 3 rings (SSSR count). The molecule has 0 atom stereocenters. The van der Waals surface area contributed by atoms with E-state index in [2.05, 4.69) is 15.2 Å². The molecule has 0 aromatic carbocycles. The number of aryl methyl sites for hydroxylation is 2. The molecule has 0 saturated carbocycles. The van der Waals surface area contributed by atoms with Crippen LogP contribution in [0.25, 0.3) is 17.2 Å². The minimum absolute atomic E-state index is 0.604. The van der Waals surface area contributed by atoms with E-state index >= 15 is 0 Å². The van der Waals surface area contributed by atoms with Crippen molar-refractivity contribution in [3.05, 3.63) is 42.4 Å². The maximum Gasteiger partial charge on any atom is 0.153 e. The molecular weight excluding hydrogens is 240 g/mol. The van der Waals surface area contributed by atoms with Crippen LogP contribution in [0.15, 0.2) is 36.8 Å². The third kappa shape index (κ3) is 1.97. The molecule has 0 radical (unpaired) electrons. The van der Waals surface area contributed by atoms with Gasteiger partial charge in [-0.2, -0.15) is 10.2 Å². The molecule has 3 aromatic heterocycles. The smallest absolute Gasteiger partial charge is 0.153 e. The third-order valence-electron chi connectivity index (χ3n) is 2.94. The second-order valence-electron chi connectivity index (χ2n) is 4.41. The van der Waals surface area contributed by atoms with Crippen LogP contribution in [0.5, 0.6) is 0 Å². The minimum atomic E-state index is 0.604. The van der Waals surface area contributed by atoms with Crippen LogP contribution in [0.3, 0.4) is 0 Å². The van der Waals surface area contributed by atoms with Gasteiger partial charge in [0.1, 0.15) is 5.69 Å². The summed E-state index contributed by atoms with van der Waals surface area (Å²) in [5.74, 6) is 0.750. The summed E-state index contributed by atoms with van der Waals surface area (Å²) in [6.07, 6.45) is 5.25. The molecule has 96 valence electrons. The van der Waals surface area contributed by atoms with Crippen LogP contribution in [-0.2, 0) is 7.05 Å². The summed E-state index contributed by atoms with van der Waals surface area (Å²) >= 11 is 0. The molecule has 0 bridgehead atoms. The maximum atomic E-state index is 6.02. The number of pyridine rings is 1. The van der Waals surface area contributed by atoms with Crippen LogP contribution in [0.1, 0.15) is 5.56 Å². The molecule has 0 spiro atoms. The van der Waals surface area contributed by atoms with E-state index in [1.54, 1.807) is 28.0 Å². The Morgan fingerprint density at radius 2 is 2.05 bits per heavy atom. The number of aromatic nitrogens is 5. The Labute approximate surface area is 110 Å². The number of nitrogens with two attached hydrogens (primary N) is 1. The molecule has 3 heterocycles. The second-order valence-corrected chi connectivity index (χ2v) is 4.41. The quantitative estimate of drug-likeness (QED) is 0.753. The molecule has 19 heavy (non-hydrogen) atoms. The van der Waals surface area contributed by atoms with Gasteiger partial charge in [0, 0.05) is 19.4 Å². The van der Waals surface area contributed by atoms with Crippen molar-refractivity contribution in [2.24, 2.45) is 7.05 Å². The van der Waals surface area contributed by atoms with E-state index < -0.39 is 0 Å². The Morgan fingerprint density at radius 1 is 1.21 bits per heavy atom. The van der Waals surface area contributed by atoms with Gasteiger partial charge in [0.2, 0.25) is 0 Å². The molecule has 2 N–H and O–H groups in total. The van der Waals surface area contributed by atoms with Crippen LogP contribution in [0.4, 0.5) is 5.69 Å². The SMILES string of the molecule is Cc1ccnc(-n2cc(N)c(-c3ccnn3C)n2)c1. The first-order valence-corrected chi connectivity index (χ1v) is 5.91. The summed E-state index contributed by atoms with van der Waals surface area (Å²) < 4.78 is 3.43. The van der Waals surface area contributed by atoms with Gasteiger partial charge in [0.25, 0.3) is 0 Å². The van der Waals surface area contributed by atoms with Gasteiger partial charge >= 0.3 is 0 Å². The fourth-order valence-corrected chi connectivity index (χ4v) is 1.96. The highest BCUT2D eigenvalue weighted by Gasteiger charge is 2.13. The average molecular weight is 254 g/mol. The van der Waals surface area contributed by atoms with E-state index in [9.17, 15) is 0 Å². The van der Waals surface area contributed by atoms with Crippen LogP contribution in [-0.4, -0.2) is 24.5 Å². The summed E-state index contributed by atoms with van der Waals surface area (Å²) in [6, 6.07) is 5.78. The van der Waals surface area contributed by atoms with Crippen LogP contribution in [0.2, 0.25) is 0 Å². The fraction of sp³-hybridized carbons (Fsp3) is 0.154. The Morgan fingerprint density at radius 3 is 2.74 bits per heavy atom. The average Bonchev–Trinajstić information content (AvgIpc) is 2.95. The summed E-state index contributed by atoms with van der Waals surface area (Å²) in [5.41, 5.74) is 9.34. The molecule has 6 nitrogen and oxygen atoms in total. The number of anilines is 1. The molecule has 3 aromatic rings. The predicted octanol–water partition coefficient (Wildman–Crippen LogP) is 1.56. The van der Waals surface area contributed by atoms with Crippen molar-refractivity contribution >= 4 is 5.69 Å². The van der Waals surface area contributed by atoms with Crippen LogP contribution >= 0.6 is 0 Å². The number of nitrogen functional groups attached to an aromatic ring is 1. The number of nitrogens with zero attached hydrogens (tertiary/aromatic N) is 5. The monoisotopic (exact) mass is 254 g/mol. The topological polar surface area (TPSA) is 74.6 Å². The zero-order valence-corrected chi connectivity index (χ0v) is 10.8. The van der Waals surface area contributed by atoms with Crippen molar-refractivity contribution in [1.82, 2.24) is 24.5 Å². The van der Waals surface area contributed by atoms with E-state index in [1.807, 2.05) is 32.2 Å². The highest BCUT2D eigenvalue weighted by atomic mass is 15.3. The van der Waals surface area contributed by atoms with Crippen molar-refractivity contribution in [2.75, 3.05) is 5.73 Å². The Hall–Kier alpha value is -2.63. The first-order chi connectivity index (χ1) is 9.15. The number of hydrogen-bond acceptors (Lipinski definition) is 4. The van der Waals surface area contributed by atoms with E-state index in [-0.39, 0.29) is 0 Å². The highest BCUT2D eigenvalue weighted by molar-refractivity contribution is 5.69. The zero-order chi connectivity index (χ0) is 13.4. The Balaban J connectivity index is 2.10. The zero-order valence-electron chi connectivity index (χ0n) is 10.8. The van der Waals surface area contributed by atoms with Crippen molar-refractivity contribution in [2.45, 2.75) is 6.92 Å². The summed E-state index contributed by atoms with van der Waals surface area (Å²) in [7, 11) is 1.86. The lowest BCUT2D eigenvalue weighted by Gasteiger charge is -2.01. The van der Waals surface area contributed by atoms with Crippen LogP contribution < -0.4 is 5.73 Å². The lowest BCUT2D eigenvalue weighted by molar-refractivity contribution is 0.768. The minimum Gasteiger partial charge on any atom is -0.396 e. The number of hydrogen-bond donors (Lipinski definition) is 1. The first-order valence-electron chi connectivity index (χ1n) is 5.91. The van der Waals surface area contributed by atoms with E-state index in [1.165, 1.54) is 0 Å². The highest BCUT2D eigenvalue weighted by Crippen LogP contribution is 2.24. The number of rotatable bonds is 2.